The molecule has 2 N–H and O–H groups in total. The van der Waals surface area contributed by atoms with Crippen LogP contribution in [0.5, 0.6) is 0 Å². The van der Waals surface area contributed by atoms with Crippen molar-refractivity contribution in [1.82, 2.24) is 9.78 Å². The van der Waals surface area contributed by atoms with Gasteiger partial charge in [0, 0.05) is 18.2 Å². The molecule has 18 heavy (non-hydrogen) atoms. The molecule has 2 heterocycles. The largest absolute Gasteiger partial charge is 0.477 e. The second kappa shape index (κ2) is 4.99. The number of carboxylic acids is 1. The third-order valence-corrected chi connectivity index (χ3v) is 3.06. The monoisotopic (exact) mass is 271 g/mol. The van der Waals surface area contributed by atoms with Crippen LogP contribution in [0.15, 0.2) is 6.20 Å². The van der Waals surface area contributed by atoms with Crippen molar-refractivity contribution in [3.05, 3.63) is 11.8 Å². The Bertz CT molecular complexity index is 487. The smallest absolute Gasteiger partial charge is 0.341 e. The number of aromatic nitrogens is 2. The number of hydrogen-bond donors (Lipinski definition) is 3. The lowest BCUT2D eigenvalue weighted by Crippen LogP contribution is -2.29. The fourth-order valence-corrected chi connectivity index (χ4v) is 2.29. The van der Waals surface area contributed by atoms with E-state index in [9.17, 15) is 9.59 Å². The van der Waals surface area contributed by atoms with Gasteiger partial charge in [-0.15, -0.1) is 0 Å². The quantitative estimate of drug-likeness (QED) is 0.648. The van der Waals surface area contributed by atoms with Crippen LogP contribution in [-0.2, 0) is 11.3 Å². The molecule has 1 aliphatic heterocycles. The van der Waals surface area contributed by atoms with Crippen LogP contribution in [0, 0.1) is 0 Å². The maximum atomic E-state index is 11.8. The molecule has 1 aromatic rings. The zero-order valence-electron chi connectivity index (χ0n) is 9.48. The van der Waals surface area contributed by atoms with E-state index in [4.69, 9.17) is 10.2 Å². The van der Waals surface area contributed by atoms with Crippen molar-refractivity contribution in [3.8, 4) is 0 Å². The van der Waals surface area contributed by atoms with Gasteiger partial charge in [-0.3, -0.25) is 9.69 Å². The molecule has 0 aromatic carbocycles. The predicted molar refractivity (Wildman–Crippen MR) is 66.0 cm³/mol. The molecular weight excluding hydrogens is 258 g/mol. The first-order chi connectivity index (χ1) is 8.54. The highest BCUT2D eigenvalue weighted by Gasteiger charge is 2.33. The highest BCUT2D eigenvalue weighted by Crippen LogP contribution is 2.27. The number of anilines is 1. The van der Waals surface area contributed by atoms with Crippen LogP contribution < -0.4 is 4.90 Å². The molecule has 0 bridgehead atoms. The van der Waals surface area contributed by atoms with Crippen LogP contribution in [-0.4, -0.2) is 50.3 Å². The summed E-state index contributed by atoms with van der Waals surface area (Å²) in [5, 5.41) is 21.8. The van der Waals surface area contributed by atoms with Crippen molar-refractivity contribution in [2.24, 2.45) is 0 Å². The van der Waals surface area contributed by atoms with Gasteiger partial charge >= 0.3 is 5.97 Å². The van der Waals surface area contributed by atoms with E-state index in [1.165, 1.54) is 15.8 Å². The molecule has 7 nitrogen and oxygen atoms in total. The minimum absolute atomic E-state index is 0.0424. The fourth-order valence-electron chi connectivity index (χ4n) is 1.97. The van der Waals surface area contributed by atoms with E-state index in [0.29, 0.717) is 6.54 Å². The van der Waals surface area contributed by atoms with E-state index in [0.717, 1.165) is 0 Å². The highest BCUT2D eigenvalue weighted by molar-refractivity contribution is 7.81. The standard InChI is InChI=1S/C10H13N3O4S/c14-2-1-13-9(7(4-11-13)10(16)17)12-5-6(18)3-8(12)15/h4,6,14,18H,1-3,5H2,(H,16,17). The molecule has 1 unspecified atom stereocenters. The topological polar surface area (TPSA) is 95.7 Å². The molecule has 0 spiro atoms. The van der Waals surface area contributed by atoms with Gasteiger partial charge in [0.15, 0.2) is 0 Å². The van der Waals surface area contributed by atoms with Gasteiger partial charge in [0.1, 0.15) is 11.4 Å². The van der Waals surface area contributed by atoms with Crippen molar-refractivity contribution in [2.75, 3.05) is 18.1 Å². The van der Waals surface area contributed by atoms with E-state index >= 15 is 0 Å². The molecule has 1 amide bonds. The molecule has 0 radical (unpaired) electrons. The third-order valence-electron chi connectivity index (χ3n) is 2.71. The average Bonchev–Trinajstić information content (AvgIpc) is 2.82. The van der Waals surface area contributed by atoms with E-state index in [1.54, 1.807) is 0 Å². The second-order valence-electron chi connectivity index (χ2n) is 4.00. The molecule has 1 fully saturated rings. The van der Waals surface area contributed by atoms with Gasteiger partial charge in [0.2, 0.25) is 5.91 Å². The van der Waals surface area contributed by atoms with Gasteiger partial charge in [-0.25, -0.2) is 9.48 Å². The lowest BCUT2D eigenvalue weighted by molar-refractivity contribution is -0.117. The Balaban J connectivity index is 2.43. The minimum atomic E-state index is -1.15. The van der Waals surface area contributed by atoms with Gasteiger partial charge in [-0.1, -0.05) is 0 Å². The van der Waals surface area contributed by atoms with Crippen molar-refractivity contribution >= 4 is 30.3 Å². The molecule has 1 aliphatic rings. The lowest BCUT2D eigenvalue weighted by Gasteiger charge is -2.18. The van der Waals surface area contributed by atoms with Crippen LogP contribution in [0.2, 0.25) is 0 Å². The van der Waals surface area contributed by atoms with Crippen LogP contribution in [0.3, 0.4) is 0 Å². The fraction of sp³-hybridized carbons (Fsp3) is 0.500. The SMILES string of the molecule is O=C(O)c1cnn(CCO)c1N1CC(S)CC1=O. The zero-order valence-corrected chi connectivity index (χ0v) is 10.4. The number of rotatable bonds is 4. The summed E-state index contributed by atoms with van der Waals surface area (Å²) in [6, 6.07) is 0. The first-order valence-corrected chi connectivity index (χ1v) is 5.94. The second-order valence-corrected chi connectivity index (χ2v) is 4.73. The van der Waals surface area contributed by atoms with E-state index in [1.807, 2.05) is 0 Å². The van der Waals surface area contributed by atoms with Gasteiger partial charge in [-0.05, 0) is 0 Å². The van der Waals surface area contributed by atoms with Crippen LogP contribution in [0.4, 0.5) is 5.82 Å². The summed E-state index contributed by atoms with van der Waals surface area (Å²) in [6.45, 7) is 0.309. The summed E-state index contributed by atoms with van der Waals surface area (Å²) in [4.78, 5) is 24.3. The number of aliphatic hydroxyl groups excluding tert-OH is 1. The van der Waals surface area contributed by atoms with Gasteiger partial charge in [-0.2, -0.15) is 17.7 Å². The van der Waals surface area contributed by atoms with Crippen molar-refractivity contribution in [3.63, 3.8) is 0 Å². The Morgan fingerprint density at radius 2 is 2.33 bits per heavy atom. The summed E-state index contributed by atoms with van der Waals surface area (Å²) >= 11 is 4.23. The first-order valence-electron chi connectivity index (χ1n) is 5.43. The van der Waals surface area contributed by atoms with Crippen LogP contribution >= 0.6 is 12.6 Å². The number of carbonyl (C=O) groups is 2. The van der Waals surface area contributed by atoms with E-state index in [-0.39, 0.29) is 42.1 Å². The number of amides is 1. The number of aromatic carboxylic acids is 1. The average molecular weight is 271 g/mol. The van der Waals surface area contributed by atoms with Crippen LogP contribution in [0.25, 0.3) is 0 Å². The first kappa shape index (κ1) is 12.9. The number of aliphatic hydroxyl groups is 1. The normalized spacial score (nSPS) is 19.6. The molecule has 98 valence electrons. The molecule has 2 rings (SSSR count). The highest BCUT2D eigenvalue weighted by atomic mass is 32.1. The van der Waals surface area contributed by atoms with Crippen molar-refractivity contribution in [1.29, 1.82) is 0 Å². The number of thiol groups is 1. The third kappa shape index (κ3) is 2.21. The zero-order chi connectivity index (χ0) is 13.3. The van der Waals surface area contributed by atoms with Gasteiger partial charge in [0.25, 0.3) is 0 Å². The molecule has 1 aromatic heterocycles. The number of carboxylic acid groups (broad SMARTS) is 1. The molecule has 0 aliphatic carbocycles. The van der Waals surface area contributed by atoms with Crippen molar-refractivity contribution < 1.29 is 19.8 Å². The summed E-state index contributed by atoms with van der Waals surface area (Å²) in [5.74, 6) is -1.11. The Labute approximate surface area is 108 Å². The van der Waals surface area contributed by atoms with E-state index < -0.39 is 5.97 Å². The van der Waals surface area contributed by atoms with E-state index in [2.05, 4.69) is 17.7 Å². The molecular formula is C10H13N3O4S. The Morgan fingerprint density at radius 3 is 2.83 bits per heavy atom. The number of carbonyl (C=O) groups excluding carboxylic acids is 1. The summed E-state index contributed by atoms with van der Waals surface area (Å²) in [7, 11) is 0. The molecule has 0 saturated carbocycles. The van der Waals surface area contributed by atoms with Gasteiger partial charge < -0.3 is 10.2 Å². The van der Waals surface area contributed by atoms with Crippen molar-refractivity contribution in [2.45, 2.75) is 18.2 Å². The Hall–Kier alpha value is -1.54. The number of nitrogens with zero attached hydrogens (tertiary/aromatic N) is 3. The Morgan fingerprint density at radius 1 is 1.61 bits per heavy atom. The predicted octanol–water partition coefficient (Wildman–Crippen LogP) is -0.391. The molecule has 1 saturated heterocycles. The minimum Gasteiger partial charge on any atom is -0.477 e. The van der Waals surface area contributed by atoms with Crippen LogP contribution in [0.1, 0.15) is 16.8 Å². The molecule has 1 atom stereocenters. The summed E-state index contributed by atoms with van der Waals surface area (Å²) in [6.07, 6.45) is 1.46. The summed E-state index contributed by atoms with van der Waals surface area (Å²) < 4.78 is 1.33. The summed E-state index contributed by atoms with van der Waals surface area (Å²) in [5.41, 5.74) is -0.0424. The van der Waals surface area contributed by atoms with Gasteiger partial charge in [0.05, 0.1) is 19.3 Å². The lowest BCUT2D eigenvalue weighted by atomic mass is 10.3. The molecule has 8 heteroatoms. The Kier molecular flexibility index (Phi) is 3.58. The maximum absolute atomic E-state index is 11.8. The number of hydrogen-bond acceptors (Lipinski definition) is 5. The maximum Gasteiger partial charge on any atom is 0.341 e.